The third kappa shape index (κ3) is 4.67. The van der Waals surface area contributed by atoms with Crippen molar-refractivity contribution in [2.45, 2.75) is 10.1 Å². The van der Waals surface area contributed by atoms with Crippen LogP contribution in [-0.2, 0) is 14.8 Å². The third-order valence-electron chi connectivity index (χ3n) is 2.85. The molecule has 24 heavy (non-hydrogen) atoms. The van der Waals surface area contributed by atoms with Gasteiger partial charge in [-0.3, -0.25) is 4.79 Å². The average molecular weight is 387 g/mol. The second-order valence-electron chi connectivity index (χ2n) is 4.80. The molecule has 0 saturated heterocycles. The van der Waals surface area contributed by atoms with Crippen molar-refractivity contribution in [3.05, 3.63) is 41.7 Å². The Morgan fingerprint density at radius 2 is 1.96 bits per heavy atom. The Kier molecular flexibility index (Phi) is 6.16. The molecule has 0 bridgehead atoms. The summed E-state index contributed by atoms with van der Waals surface area (Å²) in [6.07, 6.45) is 3.18. The van der Waals surface area contributed by atoms with Gasteiger partial charge in [-0.25, -0.2) is 22.7 Å². The van der Waals surface area contributed by atoms with Crippen molar-refractivity contribution < 1.29 is 13.2 Å². The molecular weight excluding hydrogens is 372 g/mol. The molecule has 1 aromatic heterocycles. The van der Waals surface area contributed by atoms with Gasteiger partial charge >= 0.3 is 0 Å². The van der Waals surface area contributed by atoms with Crippen LogP contribution in [-0.4, -0.2) is 48.4 Å². The minimum atomic E-state index is -3.70. The molecular formula is C14H15ClN4O3S2. The Morgan fingerprint density at radius 3 is 2.58 bits per heavy atom. The van der Waals surface area contributed by atoms with Crippen molar-refractivity contribution in [2.24, 2.45) is 0 Å². The van der Waals surface area contributed by atoms with Crippen molar-refractivity contribution in [1.29, 1.82) is 0 Å². The molecule has 0 saturated carbocycles. The van der Waals surface area contributed by atoms with Gasteiger partial charge < -0.3 is 5.32 Å². The van der Waals surface area contributed by atoms with Crippen LogP contribution < -0.4 is 5.32 Å². The van der Waals surface area contributed by atoms with Gasteiger partial charge in [0.25, 0.3) is 0 Å². The first kappa shape index (κ1) is 18.7. The molecule has 0 atom stereocenters. The highest BCUT2D eigenvalue weighted by Gasteiger charge is 2.21. The highest BCUT2D eigenvalue weighted by molar-refractivity contribution is 7.99. The number of nitrogens with one attached hydrogen (secondary N) is 1. The maximum absolute atomic E-state index is 12.2. The number of aromatic nitrogens is 2. The number of hydrogen-bond acceptors (Lipinski definition) is 6. The Hall–Kier alpha value is -1.68. The number of halogens is 1. The minimum Gasteiger partial charge on any atom is -0.325 e. The minimum absolute atomic E-state index is 0.0639. The summed E-state index contributed by atoms with van der Waals surface area (Å²) < 4.78 is 25.5. The first-order valence-electron chi connectivity index (χ1n) is 6.72. The van der Waals surface area contributed by atoms with E-state index in [0.717, 1.165) is 4.31 Å². The highest BCUT2D eigenvalue weighted by atomic mass is 35.5. The van der Waals surface area contributed by atoms with Crippen LogP contribution in [0, 0.1) is 0 Å². The molecule has 1 aromatic carbocycles. The van der Waals surface area contributed by atoms with Gasteiger partial charge in [-0.15, -0.1) is 0 Å². The number of anilines is 1. The van der Waals surface area contributed by atoms with E-state index >= 15 is 0 Å². The fourth-order valence-corrected chi connectivity index (χ4v) is 3.66. The van der Waals surface area contributed by atoms with E-state index in [9.17, 15) is 13.2 Å². The quantitative estimate of drug-likeness (QED) is 0.603. The van der Waals surface area contributed by atoms with Crippen LogP contribution in [0.4, 0.5) is 5.69 Å². The first-order valence-corrected chi connectivity index (χ1v) is 9.53. The second kappa shape index (κ2) is 7.93. The standard InChI is InChI=1S/C14H15ClN4O3S2/c1-19(2)24(21,22)12-8-10(4-5-11(12)15)18-13(20)9-23-14-16-6-3-7-17-14/h3-8H,9H2,1-2H3,(H,18,20). The molecule has 0 unspecified atom stereocenters. The first-order chi connectivity index (χ1) is 11.3. The lowest BCUT2D eigenvalue weighted by Gasteiger charge is -2.14. The van der Waals surface area contributed by atoms with Gasteiger partial charge in [0, 0.05) is 32.2 Å². The fourth-order valence-electron chi connectivity index (χ4n) is 1.66. The molecule has 7 nitrogen and oxygen atoms in total. The lowest BCUT2D eigenvalue weighted by atomic mass is 10.3. The number of nitrogens with zero attached hydrogens (tertiary/aromatic N) is 3. The number of sulfonamides is 1. The van der Waals surface area contributed by atoms with E-state index in [-0.39, 0.29) is 21.6 Å². The predicted octanol–water partition coefficient (Wildman–Crippen LogP) is 2.11. The maximum Gasteiger partial charge on any atom is 0.244 e. The summed E-state index contributed by atoms with van der Waals surface area (Å²) in [5, 5.41) is 3.21. The molecule has 1 amide bonds. The maximum atomic E-state index is 12.2. The summed E-state index contributed by atoms with van der Waals surface area (Å²) in [4.78, 5) is 19.9. The average Bonchev–Trinajstić information content (AvgIpc) is 2.55. The van der Waals surface area contributed by atoms with Crippen molar-refractivity contribution in [3.8, 4) is 0 Å². The Bertz CT molecular complexity index is 829. The van der Waals surface area contributed by atoms with Crippen molar-refractivity contribution in [3.63, 3.8) is 0 Å². The monoisotopic (exact) mass is 386 g/mol. The SMILES string of the molecule is CN(C)S(=O)(=O)c1cc(NC(=O)CSc2ncccn2)ccc1Cl. The largest absolute Gasteiger partial charge is 0.325 e. The number of benzene rings is 1. The van der Waals surface area contributed by atoms with Crippen molar-refractivity contribution in [2.75, 3.05) is 25.2 Å². The van der Waals surface area contributed by atoms with Crippen molar-refractivity contribution in [1.82, 2.24) is 14.3 Å². The van der Waals surface area contributed by atoms with E-state index in [1.807, 2.05) is 0 Å². The highest BCUT2D eigenvalue weighted by Crippen LogP contribution is 2.27. The van der Waals surface area contributed by atoms with E-state index in [2.05, 4.69) is 15.3 Å². The fraction of sp³-hybridized carbons (Fsp3) is 0.214. The molecule has 0 radical (unpaired) electrons. The molecule has 2 rings (SSSR count). The van der Waals surface area contributed by atoms with E-state index < -0.39 is 10.0 Å². The lowest BCUT2D eigenvalue weighted by Crippen LogP contribution is -2.23. The zero-order valence-electron chi connectivity index (χ0n) is 12.9. The molecule has 2 aromatic rings. The van der Waals surface area contributed by atoms with Crippen LogP contribution in [0.3, 0.4) is 0 Å². The molecule has 1 N–H and O–H groups in total. The van der Waals surface area contributed by atoms with Crippen molar-refractivity contribution >= 4 is 45.0 Å². The zero-order valence-corrected chi connectivity index (χ0v) is 15.3. The number of thioether (sulfide) groups is 1. The van der Waals surface area contributed by atoms with Crippen LogP contribution >= 0.6 is 23.4 Å². The van der Waals surface area contributed by atoms with Crippen LogP contribution in [0.1, 0.15) is 0 Å². The summed E-state index contributed by atoms with van der Waals surface area (Å²) in [5.41, 5.74) is 0.347. The molecule has 0 spiro atoms. The second-order valence-corrected chi connectivity index (χ2v) is 8.27. The van der Waals surface area contributed by atoms with Gasteiger partial charge in [-0.1, -0.05) is 23.4 Å². The predicted molar refractivity (Wildman–Crippen MR) is 93.7 cm³/mol. The van der Waals surface area contributed by atoms with Crippen LogP contribution in [0.2, 0.25) is 5.02 Å². The number of hydrogen-bond donors (Lipinski definition) is 1. The summed E-state index contributed by atoms with van der Waals surface area (Å²) in [5.74, 6) is -0.203. The van der Waals surface area contributed by atoms with Gasteiger partial charge in [0.1, 0.15) is 4.90 Å². The number of amides is 1. The zero-order chi connectivity index (χ0) is 17.7. The molecule has 0 aliphatic heterocycles. The summed E-state index contributed by atoms with van der Waals surface area (Å²) in [6, 6.07) is 5.99. The normalized spacial score (nSPS) is 11.5. The Labute approximate surface area is 149 Å². The van der Waals surface area contributed by atoms with E-state index in [0.29, 0.717) is 10.8 Å². The van der Waals surface area contributed by atoms with Gasteiger partial charge in [-0.2, -0.15) is 0 Å². The van der Waals surface area contributed by atoms with Gasteiger partial charge in [0.05, 0.1) is 10.8 Å². The lowest BCUT2D eigenvalue weighted by molar-refractivity contribution is -0.113. The molecule has 0 aliphatic carbocycles. The molecule has 128 valence electrons. The smallest absolute Gasteiger partial charge is 0.244 e. The van der Waals surface area contributed by atoms with Crippen LogP contribution in [0.25, 0.3) is 0 Å². The van der Waals surface area contributed by atoms with Crippen LogP contribution in [0.15, 0.2) is 46.7 Å². The van der Waals surface area contributed by atoms with Gasteiger partial charge in [0.15, 0.2) is 5.16 Å². The summed E-state index contributed by atoms with van der Waals surface area (Å²) in [7, 11) is -0.876. The molecule has 10 heteroatoms. The summed E-state index contributed by atoms with van der Waals surface area (Å²) >= 11 is 7.14. The van der Waals surface area contributed by atoms with E-state index in [1.165, 1.54) is 38.0 Å². The Morgan fingerprint density at radius 1 is 1.29 bits per heavy atom. The van der Waals surface area contributed by atoms with Crippen LogP contribution in [0.5, 0.6) is 0 Å². The number of carbonyl (C=O) groups excluding carboxylic acids is 1. The third-order valence-corrected chi connectivity index (χ3v) is 6.02. The number of carbonyl (C=O) groups is 1. The van der Waals surface area contributed by atoms with E-state index in [4.69, 9.17) is 11.6 Å². The van der Waals surface area contributed by atoms with E-state index in [1.54, 1.807) is 24.5 Å². The topological polar surface area (TPSA) is 92.3 Å². The summed E-state index contributed by atoms with van der Waals surface area (Å²) in [6.45, 7) is 0. The number of rotatable bonds is 6. The Balaban J connectivity index is 2.09. The van der Waals surface area contributed by atoms with Gasteiger partial charge in [-0.05, 0) is 24.3 Å². The molecule has 1 heterocycles. The van der Waals surface area contributed by atoms with Gasteiger partial charge in [0.2, 0.25) is 15.9 Å². The molecule has 0 fully saturated rings. The molecule has 0 aliphatic rings.